The van der Waals surface area contributed by atoms with Gasteiger partial charge in [-0.3, -0.25) is 9.59 Å². The number of fused-ring (bicyclic) bond motifs is 1. The highest BCUT2D eigenvalue weighted by Gasteiger charge is 2.40. The summed E-state index contributed by atoms with van der Waals surface area (Å²) in [5.74, 6) is 0.0174. The Morgan fingerprint density at radius 1 is 1.07 bits per heavy atom. The zero-order valence-corrected chi connectivity index (χ0v) is 16.7. The molecule has 28 heavy (non-hydrogen) atoms. The molecule has 4 rings (SSSR count). The normalized spacial score (nSPS) is 22.2. The SMILES string of the molecule is CCN1C(=O)CC[C@@H](C(=O)NC2Cc3ccccc3C2)[C@@H]1c1ccc(C)cc1. The van der Waals surface area contributed by atoms with Crippen LogP contribution in [0.25, 0.3) is 0 Å². The Morgan fingerprint density at radius 2 is 1.71 bits per heavy atom. The lowest BCUT2D eigenvalue weighted by atomic mass is 9.83. The van der Waals surface area contributed by atoms with E-state index in [1.54, 1.807) is 0 Å². The van der Waals surface area contributed by atoms with E-state index in [-0.39, 0.29) is 29.8 Å². The van der Waals surface area contributed by atoms with Gasteiger partial charge in [0.25, 0.3) is 0 Å². The molecule has 2 atom stereocenters. The zero-order chi connectivity index (χ0) is 19.7. The minimum Gasteiger partial charge on any atom is -0.352 e. The lowest BCUT2D eigenvalue weighted by molar-refractivity contribution is -0.143. The highest BCUT2D eigenvalue weighted by atomic mass is 16.2. The van der Waals surface area contributed by atoms with Gasteiger partial charge >= 0.3 is 0 Å². The second kappa shape index (κ2) is 7.78. The van der Waals surface area contributed by atoms with Crippen molar-refractivity contribution in [2.45, 2.75) is 51.6 Å². The van der Waals surface area contributed by atoms with Gasteiger partial charge in [-0.1, -0.05) is 54.1 Å². The third-order valence-electron chi connectivity index (χ3n) is 6.20. The third-order valence-corrected chi connectivity index (χ3v) is 6.20. The summed E-state index contributed by atoms with van der Waals surface area (Å²) in [6.07, 6.45) is 2.83. The van der Waals surface area contributed by atoms with E-state index >= 15 is 0 Å². The molecule has 4 nitrogen and oxygen atoms in total. The lowest BCUT2D eigenvalue weighted by Crippen LogP contribution is -2.49. The van der Waals surface area contributed by atoms with Crippen LogP contribution in [0.1, 0.15) is 48.1 Å². The first-order chi connectivity index (χ1) is 13.6. The van der Waals surface area contributed by atoms with E-state index in [1.807, 2.05) is 11.8 Å². The van der Waals surface area contributed by atoms with Crippen molar-refractivity contribution in [2.24, 2.45) is 5.92 Å². The predicted octanol–water partition coefficient (Wildman–Crippen LogP) is 3.58. The zero-order valence-electron chi connectivity index (χ0n) is 16.7. The smallest absolute Gasteiger partial charge is 0.225 e. The minimum atomic E-state index is -0.205. The standard InChI is InChI=1S/C24H28N2O2/c1-3-26-22(27)13-12-21(23(26)17-10-8-16(2)9-11-17)24(28)25-20-14-18-6-4-5-7-19(18)15-20/h4-11,20-21,23H,3,12-15H2,1-2H3,(H,25,28)/t21-,23+/m1/s1. The molecule has 1 saturated heterocycles. The molecule has 0 spiro atoms. The van der Waals surface area contributed by atoms with E-state index in [0.29, 0.717) is 19.4 Å². The molecule has 1 heterocycles. The van der Waals surface area contributed by atoms with Gasteiger partial charge in [0, 0.05) is 19.0 Å². The maximum Gasteiger partial charge on any atom is 0.225 e. The largest absolute Gasteiger partial charge is 0.352 e. The summed E-state index contributed by atoms with van der Waals surface area (Å²) in [6, 6.07) is 16.6. The first-order valence-corrected chi connectivity index (χ1v) is 10.3. The number of nitrogens with zero attached hydrogens (tertiary/aromatic N) is 1. The Kier molecular flexibility index (Phi) is 5.21. The second-order valence-electron chi connectivity index (χ2n) is 8.06. The van der Waals surface area contributed by atoms with Gasteiger partial charge in [-0.05, 0) is 49.8 Å². The van der Waals surface area contributed by atoms with Crippen LogP contribution in [0.3, 0.4) is 0 Å². The van der Waals surface area contributed by atoms with E-state index in [1.165, 1.54) is 16.7 Å². The van der Waals surface area contributed by atoms with Gasteiger partial charge in [0.05, 0.1) is 12.0 Å². The second-order valence-corrected chi connectivity index (χ2v) is 8.06. The average Bonchev–Trinajstić information content (AvgIpc) is 3.10. The summed E-state index contributed by atoms with van der Waals surface area (Å²) in [7, 11) is 0. The summed E-state index contributed by atoms with van der Waals surface area (Å²) in [6.45, 7) is 4.67. The number of amides is 2. The number of carbonyl (C=O) groups is 2. The van der Waals surface area contributed by atoms with Crippen LogP contribution in [0, 0.1) is 12.8 Å². The molecule has 2 aromatic carbocycles. The number of piperidine rings is 1. The first kappa shape index (κ1) is 18.7. The van der Waals surface area contributed by atoms with Crippen LogP contribution >= 0.6 is 0 Å². The molecule has 0 unspecified atom stereocenters. The third kappa shape index (κ3) is 3.56. The predicted molar refractivity (Wildman–Crippen MR) is 110 cm³/mol. The highest BCUT2D eigenvalue weighted by Crippen LogP contribution is 2.37. The molecular weight excluding hydrogens is 348 g/mol. The summed E-state index contributed by atoms with van der Waals surface area (Å²) < 4.78 is 0. The maximum absolute atomic E-state index is 13.3. The van der Waals surface area contributed by atoms with Crippen molar-refractivity contribution >= 4 is 11.8 Å². The first-order valence-electron chi connectivity index (χ1n) is 10.3. The fraction of sp³-hybridized carbons (Fsp3) is 0.417. The van der Waals surface area contributed by atoms with Gasteiger partial charge in [0.1, 0.15) is 0 Å². The molecule has 1 fully saturated rings. The number of hydrogen-bond donors (Lipinski definition) is 1. The summed E-state index contributed by atoms with van der Waals surface area (Å²) in [5, 5.41) is 3.29. The van der Waals surface area contributed by atoms with Crippen LogP contribution in [0.4, 0.5) is 0 Å². The fourth-order valence-corrected chi connectivity index (χ4v) is 4.75. The van der Waals surface area contributed by atoms with Crippen LogP contribution in [0.15, 0.2) is 48.5 Å². The Hall–Kier alpha value is -2.62. The molecule has 0 bridgehead atoms. The van der Waals surface area contributed by atoms with Crippen molar-refractivity contribution < 1.29 is 9.59 Å². The van der Waals surface area contributed by atoms with Gasteiger partial charge in [-0.15, -0.1) is 0 Å². The van der Waals surface area contributed by atoms with Crippen molar-refractivity contribution in [1.29, 1.82) is 0 Å². The van der Waals surface area contributed by atoms with Crippen molar-refractivity contribution in [3.8, 4) is 0 Å². The summed E-state index contributed by atoms with van der Waals surface area (Å²) in [4.78, 5) is 27.7. The molecule has 0 saturated carbocycles. The Bertz CT molecular complexity index is 849. The minimum absolute atomic E-state index is 0.0781. The maximum atomic E-state index is 13.3. The molecule has 2 amide bonds. The van der Waals surface area contributed by atoms with Crippen molar-refractivity contribution in [3.05, 3.63) is 70.8 Å². The molecule has 4 heteroatoms. The van der Waals surface area contributed by atoms with E-state index in [0.717, 1.165) is 18.4 Å². The molecular formula is C24H28N2O2. The van der Waals surface area contributed by atoms with Gasteiger partial charge in [-0.25, -0.2) is 0 Å². The average molecular weight is 377 g/mol. The Balaban J connectivity index is 1.55. The number of carbonyl (C=O) groups excluding carboxylic acids is 2. The lowest BCUT2D eigenvalue weighted by Gasteiger charge is -2.40. The molecule has 2 aromatic rings. The Labute approximate surface area is 166 Å². The van der Waals surface area contributed by atoms with Crippen LogP contribution in [0.5, 0.6) is 0 Å². The van der Waals surface area contributed by atoms with Crippen LogP contribution < -0.4 is 5.32 Å². The van der Waals surface area contributed by atoms with Crippen molar-refractivity contribution in [1.82, 2.24) is 10.2 Å². The fourth-order valence-electron chi connectivity index (χ4n) is 4.75. The number of nitrogens with one attached hydrogen (secondary N) is 1. The number of hydrogen-bond acceptors (Lipinski definition) is 2. The number of aryl methyl sites for hydroxylation is 1. The molecule has 1 aliphatic carbocycles. The molecule has 1 N–H and O–H groups in total. The summed E-state index contributed by atoms with van der Waals surface area (Å²) in [5.41, 5.74) is 4.89. The van der Waals surface area contributed by atoms with Crippen molar-refractivity contribution in [3.63, 3.8) is 0 Å². The molecule has 1 aliphatic heterocycles. The molecule has 2 aliphatic rings. The molecule has 146 valence electrons. The van der Waals surface area contributed by atoms with E-state index in [2.05, 4.69) is 60.8 Å². The van der Waals surface area contributed by atoms with Gasteiger partial charge in [0.2, 0.25) is 11.8 Å². The van der Waals surface area contributed by atoms with Crippen molar-refractivity contribution in [2.75, 3.05) is 6.54 Å². The topological polar surface area (TPSA) is 49.4 Å². The van der Waals surface area contributed by atoms with Crippen LogP contribution in [-0.4, -0.2) is 29.3 Å². The van der Waals surface area contributed by atoms with Gasteiger partial charge in [-0.2, -0.15) is 0 Å². The molecule has 0 radical (unpaired) electrons. The van der Waals surface area contributed by atoms with Crippen LogP contribution in [-0.2, 0) is 22.4 Å². The number of rotatable bonds is 4. The monoisotopic (exact) mass is 376 g/mol. The Morgan fingerprint density at radius 3 is 2.32 bits per heavy atom. The van der Waals surface area contributed by atoms with Gasteiger partial charge in [0.15, 0.2) is 0 Å². The quantitative estimate of drug-likeness (QED) is 0.887. The molecule has 0 aromatic heterocycles. The van der Waals surface area contributed by atoms with E-state index in [4.69, 9.17) is 0 Å². The van der Waals surface area contributed by atoms with Gasteiger partial charge < -0.3 is 10.2 Å². The highest BCUT2D eigenvalue weighted by molar-refractivity contribution is 5.85. The van der Waals surface area contributed by atoms with E-state index in [9.17, 15) is 9.59 Å². The van der Waals surface area contributed by atoms with Crippen LogP contribution in [0.2, 0.25) is 0 Å². The number of benzene rings is 2. The van der Waals surface area contributed by atoms with E-state index < -0.39 is 0 Å². The summed E-state index contributed by atoms with van der Waals surface area (Å²) >= 11 is 0. The number of likely N-dealkylation sites (tertiary alicyclic amines) is 1.